The van der Waals surface area contributed by atoms with Crippen LogP contribution in [-0.4, -0.2) is 38.9 Å². The van der Waals surface area contributed by atoms with E-state index in [2.05, 4.69) is 61.4 Å². The number of pyridine rings is 1. The minimum atomic E-state index is -0.253. The second-order valence-corrected chi connectivity index (χ2v) is 11.9. The Labute approximate surface area is 256 Å². The number of carbonyl (C=O) groups excluding carboxylic acids is 2. The number of carbonyl (C=O) groups is 2. The van der Waals surface area contributed by atoms with Crippen molar-refractivity contribution in [2.75, 3.05) is 17.2 Å². The zero-order chi connectivity index (χ0) is 29.9. The van der Waals surface area contributed by atoms with Crippen molar-refractivity contribution < 1.29 is 9.59 Å². The third-order valence-electron chi connectivity index (χ3n) is 7.80. The molecule has 1 aliphatic heterocycles. The molecule has 3 aromatic carbocycles. The summed E-state index contributed by atoms with van der Waals surface area (Å²) >= 11 is 1.58. The molecule has 1 unspecified atom stereocenters. The van der Waals surface area contributed by atoms with Gasteiger partial charge in [-0.2, -0.15) is 5.10 Å². The van der Waals surface area contributed by atoms with Crippen molar-refractivity contribution in [1.29, 1.82) is 0 Å². The van der Waals surface area contributed by atoms with Crippen molar-refractivity contribution in [3.63, 3.8) is 0 Å². The lowest BCUT2D eigenvalue weighted by Crippen LogP contribution is -2.42. The van der Waals surface area contributed by atoms with E-state index in [4.69, 9.17) is 5.10 Å². The van der Waals surface area contributed by atoms with E-state index in [1.165, 1.54) is 0 Å². The van der Waals surface area contributed by atoms with Gasteiger partial charge in [0.2, 0.25) is 11.8 Å². The fourth-order valence-electron chi connectivity index (χ4n) is 5.46. The number of rotatable bonds is 7. The molecule has 0 saturated carbocycles. The summed E-state index contributed by atoms with van der Waals surface area (Å²) in [4.78, 5) is 33.2. The largest absolute Gasteiger partial charge is 0.350 e. The topological polar surface area (TPSA) is 80.1 Å². The lowest BCUT2D eigenvalue weighted by atomic mass is 9.98. The molecule has 2 amide bonds. The minimum absolute atomic E-state index is 0.127. The number of nitrogens with zero attached hydrogens (tertiary/aromatic N) is 4. The van der Waals surface area contributed by atoms with E-state index < -0.39 is 0 Å². The molecule has 8 heteroatoms. The smallest absolute Gasteiger partial charge is 0.240 e. The molecule has 216 valence electrons. The molecule has 6 rings (SSSR count). The standard InChI is InChI=1S/C35H33N5O2S/c1-23-10-7-15-28(18-23)34-32-33(27-13-5-4-6-14-27)38-40(29-16-8-11-24(2)25(29)3)35(32)39(31(42)22-43-34)21-30(41)37-20-26-12-9-17-36-19-26/h4-19,34H,20-22H2,1-3H3,(H,37,41). The summed E-state index contributed by atoms with van der Waals surface area (Å²) in [5.74, 6) is 0.469. The third kappa shape index (κ3) is 5.83. The first-order chi connectivity index (χ1) is 20.9. The van der Waals surface area contributed by atoms with Gasteiger partial charge < -0.3 is 5.32 Å². The fourth-order valence-corrected chi connectivity index (χ4v) is 6.65. The van der Waals surface area contributed by atoms with E-state index in [0.29, 0.717) is 12.4 Å². The summed E-state index contributed by atoms with van der Waals surface area (Å²) in [5, 5.41) is 8.04. The number of nitrogens with one attached hydrogen (secondary N) is 1. The maximum Gasteiger partial charge on any atom is 0.240 e. The van der Waals surface area contributed by atoms with Crippen LogP contribution in [0.2, 0.25) is 0 Å². The molecule has 0 bridgehead atoms. The van der Waals surface area contributed by atoms with Crippen LogP contribution in [0.15, 0.2) is 97.3 Å². The molecule has 2 aromatic heterocycles. The Kier molecular flexibility index (Phi) is 8.11. The van der Waals surface area contributed by atoms with Gasteiger partial charge in [0, 0.05) is 30.1 Å². The van der Waals surface area contributed by atoms with Gasteiger partial charge in [0.05, 0.1) is 22.4 Å². The van der Waals surface area contributed by atoms with Crippen LogP contribution >= 0.6 is 11.8 Å². The molecular formula is C35H33N5O2S. The highest BCUT2D eigenvalue weighted by Crippen LogP contribution is 2.48. The Morgan fingerprint density at radius 1 is 0.977 bits per heavy atom. The number of hydrogen-bond donors (Lipinski definition) is 1. The number of amides is 2. The van der Waals surface area contributed by atoms with Gasteiger partial charge in [-0.15, -0.1) is 11.8 Å². The van der Waals surface area contributed by atoms with Crippen molar-refractivity contribution >= 4 is 29.4 Å². The Morgan fingerprint density at radius 2 is 1.79 bits per heavy atom. The summed E-state index contributed by atoms with van der Waals surface area (Å²) in [6.07, 6.45) is 3.42. The number of benzene rings is 3. The number of fused-ring (bicyclic) bond motifs is 1. The van der Waals surface area contributed by atoms with Crippen LogP contribution in [0.1, 0.15) is 38.6 Å². The molecule has 0 fully saturated rings. The lowest BCUT2D eigenvalue weighted by molar-refractivity contribution is -0.123. The lowest BCUT2D eigenvalue weighted by Gasteiger charge is -2.24. The average Bonchev–Trinajstić information content (AvgIpc) is 3.34. The van der Waals surface area contributed by atoms with E-state index in [-0.39, 0.29) is 29.4 Å². The Balaban J connectivity index is 1.55. The van der Waals surface area contributed by atoms with E-state index >= 15 is 0 Å². The van der Waals surface area contributed by atoms with E-state index in [1.807, 2.05) is 59.3 Å². The Morgan fingerprint density at radius 3 is 2.56 bits per heavy atom. The van der Waals surface area contributed by atoms with Gasteiger partial charge in [-0.25, -0.2) is 4.68 Å². The average molecular weight is 588 g/mol. The summed E-state index contributed by atoms with van der Waals surface area (Å²) in [5.41, 5.74) is 8.86. The van der Waals surface area contributed by atoms with Gasteiger partial charge in [0.25, 0.3) is 0 Å². The van der Waals surface area contributed by atoms with Crippen molar-refractivity contribution in [3.05, 3.63) is 131 Å². The zero-order valence-electron chi connectivity index (χ0n) is 24.4. The Bertz CT molecular complexity index is 1790. The van der Waals surface area contributed by atoms with Crippen molar-refractivity contribution in [2.45, 2.75) is 32.6 Å². The van der Waals surface area contributed by atoms with Gasteiger partial charge in [-0.05, 0) is 55.2 Å². The highest BCUT2D eigenvalue weighted by Gasteiger charge is 2.38. The van der Waals surface area contributed by atoms with Crippen LogP contribution in [0.3, 0.4) is 0 Å². The van der Waals surface area contributed by atoms with Gasteiger partial charge in [0.15, 0.2) is 0 Å². The highest BCUT2D eigenvalue weighted by molar-refractivity contribution is 8.00. The van der Waals surface area contributed by atoms with Crippen LogP contribution < -0.4 is 10.2 Å². The van der Waals surface area contributed by atoms with Crippen molar-refractivity contribution in [2.24, 2.45) is 0 Å². The molecule has 7 nitrogen and oxygen atoms in total. The van der Waals surface area contributed by atoms with Crippen LogP contribution in [0.25, 0.3) is 16.9 Å². The van der Waals surface area contributed by atoms with Crippen molar-refractivity contribution in [1.82, 2.24) is 20.1 Å². The molecule has 1 N–H and O–H groups in total. The first kappa shape index (κ1) is 28.4. The van der Waals surface area contributed by atoms with Gasteiger partial charge in [-0.3, -0.25) is 19.5 Å². The van der Waals surface area contributed by atoms with Crippen LogP contribution in [-0.2, 0) is 16.1 Å². The summed E-state index contributed by atoms with van der Waals surface area (Å²) < 4.78 is 1.88. The molecule has 43 heavy (non-hydrogen) atoms. The number of hydrogen-bond acceptors (Lipinski definition) is 5. The maximum absolute atomic E-state index is 14.0. The predicted octanol–water partition coefficient (Wildman–Crippen LogP) is 6.35. The number of thioether (sulfide) groups is 1. The number of aromatic nitrogens is 3. The van der Waals surface area contributed by atoms with Crippen LogP contribution in [0.5, 0.6) is 0 Å². The molecular weight excluding hydrogens is 554 g/mol. The highest BCUT2D eigenvalue weighted by atomic mass is 32.2. The second-order valence-electron chi connectivity index (χ2n) is 10.8. The summed E-state index contributed by atoms with van der Waals surface area (Å²) in [7, 11) is 0. The minimum Gasteiger partial charge on any atom is -0.350 e. The first-order valence-corrected chi connectivity index (χ1v) is 15.3. The molecule has 1 atom stereocenters. The monoisotopic (exact) mass is 587 g/mol. The molecule has 0 aliphatic carbocycles. The quantitative estimate of drug-likeness (QED) is 0.240. The van der Waals surface area contributed by atoms with Crippen LogP contribution in [0.4, 0.5) is 5.82 Å². The molecule has 1 aliphatic rings. The maximum atomic E-state index is 14.0. The molecule has 3 heterocycles. The zero-order valence-corrected chi connectivity index (χ0v) is 25.3. The fraction of sp³-hybridized carbons (Fsp3) is 0.200. The molecule has 0 spiro atoms. The number of aryl methyl sites for hydroxylation is 2. The first-order valence-electron chi connectivity index (χ1n) is 14.3. The second kappa shape index (κ2) is 12.3. The molecule has 5 aromatic rings. The number of anilines is 1. The third-order valence-corrected chi connectivity index (χ3v) is 9.05. The summed E-state index contributed by atoms with van der Waals surface area (Å²) in [6.45, 7) is 6.41. The Hall–Kier alpha value is -4.69. The summed E-state index contributed by atoms with van der Waals surface area (Å²) in [6, 6.07) is 28.3. The predicted molar refractivity (Wildman–Crippen MR) is 172 cm³/mol. The van der Waals surface area contributed by atoms with Gasteiger partial charge in [0.1, 0.15) is 12.4 Å². The van der Waals surface area contributed by atoms with E-state index in [0.717, 1.165) is 50.3 Å². The van der Waals surface area contributed by atoms with Gasteiger partial charge in [-0.1, -0.05) is 78.4 Å². The molecule has 0 saturated heterocycles. The van der Waals surface area contributed by atoms with Crippen molar-refractivity contribution in [3.8, 4) is 16.9 Å². The van der Waals surface area contributed by atoms with E-state index in [1.54, 1.807) is 29.1 Å². The van der Waals surface area contributed by atoms with E-state index in [9.17, 15) is 9.59 Å². The van der Waals surface area contributed by atoms with Gasteiger partial charge >= 0.3 is 0 Å². The normalized spacial score (nSPS) is 14.7. The SMILES string of the molecule is Cc1cccc(C2SCC(=O)N(CC(=O)NCc3cccnc3)c3c2c(-c2ccccc2)nn3-c2cccc(C)c2C)c1. The molecule has 0 radical (unpaired) electrons. The van der Waals surface area contributed by atoms with Crippen LogP contribution in [0, 0.1) is 20.8 Å².